The third-order valence-corrected chi connectivity index (χ3v) is 5.45. The molecular formula is C24H18N2O2S. The highest BCUT2D eigenvalue weighted by Crippen LogP contribution is 2.32. The van der Waals surface area contributed by atoms with E-state index in [2.05, 4.69) is 11.1 Å². The number of allylic oxidation sites excluding steroid dienone is 1. The molecule has 0 aliphatic heterocycles. The Balaban J connectivity index is 1.63. The van der Waals surface area contributed by atoms with Gasteiger partial charge in [-0.1, -0.05) is 48.5 Å². The highest BCUT2D eigenvalue weighted by atomic mass is 32.1. The SMILES string of the molecule is COc1ccc(/C=C(\C#N)c2nc3ccccc3s2)cc1OCc1ccccc1. The van der Waals surface area contributed by atoms with Gasteiger partial charge in [-0.25, -0.2) is 4.98 Å². The molecule has 0 aliphatic carbocycles. The maximum absolute atomic E-state index is 9.68. The summed E-state index contributed by atoms with van der Waals surface area (Å²) in [5.74, 6) is 1.28. The molecule has 29 heavy (non-hydrogen) atoms. The van der Waals surface area contributed by atoms with Crippen LogP contribution in [0.2, 0.25) is 0 Å². The number of para-hydroxylation sites is 1. The second-order valence-corrected chi connectivity index (χ2v) is 7.37. The van der Waals surface area contributed by atoms with Crippen molar-refractivity contribution in [3.8, 4) is 17.6 Å². The van der Waals surface area contributed by atoms with Crippen molar-refractivity contribution in [2.45, 2.75) is 6.61 Å². The van der Waals surface area contributed by atoms with E-state index in [0.29, 0.717) is 28.7 Å². The molecule has 0 bridgehead atoms. The second kappa shape index (κ2) is 8.59. The highest BCUT2D eigenvalue weighted by Gasteiger charge is 2.10. The van der Waals surface area contributed by atoms with Crippen LogP contribution in [0.3, 0.4) is 0 Å². The number of hydrogen-bond acceptors (Lipinski definition) is 5. The molecule has 0 atom stereocenters. The zero-order valence-electron chi connectivity index (χ0n) is 15.8. The maximum atomic E-state index is 9.68. The van der Waals surface area contributed by atoms with Gasteiger partial charge in [-0.05, 0) is 41.5 Å². The van der Waals surface area contributed by atoms with E-state index in [4.69, 9.17) is 9.47 Å². The number of methoxy groups -OCH3 is 1. The van der Waals surface area contributed by atoms with Crippen molar-refractivity contribution in [2.75, 3.05) is 7.11 Å². The summed E-state index contributed by atoms with van der Waals surface area (Å²) in [5, 5.41) is 10.4. The van der Waals surface area contributed by atoms with Gasteiger partial charge in [0.25, 0.3) is 0 Å². The fraction of sp³-hybridized carbons (Fsp3) is 0.0833. The van der Waals surface area contributed by atoms with Gasteiger partial charge in [0.1, 0.15) is 17.7 Å². The molecule has 1 aromatic heterocycles. The lowest BCUT2D eigenvalue weighted by atomic mass is 10.1. The van der Waals surface area contributed by atoms with E-state index in [1.165, 1.54) is 11.3 Å². The van der Waals surface area contributed by atoms with Gasteiger partial charge in [0.05, 0.1) is 22.9 Å². The first-order valence-electron chi connectivity index (χ1n) is 9.09. The molecule has 4 aromatic rings. The molecule has 0 radical (unpaired) electrons. The molecule has 142 valence electrons. The number of nitrogens with zero attached hydrogens (tertiary/aromatic N) is 2. The molecule has 5 heteroatoms. The number of hydrogen-bond donors (Lipinski definition) is 0. The Hall–Kier alpha value is -3.62. The number of rotatable bonds is 6. The minimum absolute atomic E-state index is 0.438. The van der Waals surface area contributed by atoms with E-state index in [9.17, 15) is 5.26 Å². The van der Waals surface area contributed by atoms with Gasteiger partial charge in [0, 0.05) is 0 Å². The van der Waals surface area contributed by atoms with Crippen molar-refractivity contribution in [3.63, 3.8) is 0 Å². The molecule has 0 aliphatic rings. The van der Waals surface area contributed by atoms with Crippen LogP contribution in [0.4, 0.5) is 0 Å². The molecule has 1 heterocycles. The first kappa shape index (κ1) is 18.7. The molecule has 3 aromatic carbocycles. The van der Waals surface area contributed by atoms with Crippen LogP contribution in [0.5, 0.6) is 11.5 Å². The summed E-state index contributed by atoms with van der Waals surface area (Å²) in [4.78, 5) is 4.58. The number of thiazole rings is 1. The molecule has 0 saturated carbocycles. The number of ether oxygens (including phenoxy) is 2. The van der Waals surface area contributed by atoms with Gasteiger partial charge >= 0.3 is 0 Å². The lowest BCUT2D eigenvalue weighted by molar-refractivity contribution is 0.284. The molecule has 0 fully saturated rings. The molecule has 0 amide bonds. The van der Waals surface area contributed by atoms with Crippen molar-refractivity contribution >= 4 is 33.2 Å². The Morgan fingerprint density at radius 2 is 1.83 bits per heavy atom. The Kier molecular flexibility index (Phi) is 5.55. The van der Waals surface area contributed by atoms with E-state index < -0.39 is 0 Å². The van der Waals surface area contributed by atoms with Crippen LogP contribution in [0.1, 0.15) is 16.1 Å². The molecule has 4 rings (SSSR count). The fourth-order valence-corrected chi connectivity index (χ4v) is 3.86. The van der Waals surface area contributed by atoms with Gasteiger partial charge in [-0.15, -0.1) is 11.3 Å². The van der Waals surface area contributed by atoms with Crippen LogP contribution >= 0.6 is 11.3 Å². The number of benzene rings is 3. The lowest BCUT2D eigenvalue weighted by Crippen LogP contribution is -1.98. The minimum atomic E-state index is 0.438. The number of fused-ring (bicyclic) bond motifs is 1. The molecule has 0 unspecified atom stereocenters. The monoisotopic (exact) mass is 398 g/mol. The van der Waals surface area contributed by atoms with Gasteiger partial charge in [0.2, 0.25) is 0 Å². The first-order valence-corrected chi connectivity index (χ1v) is 9.91. The van der Waals surface area contributed by atoms with E-state index in [0.717, 1.165) is 21.3 Å². The normalized spacial score (nSPS) is 11.2. The van der Waals surface area contributed by atoms with Crippen molar-refractivity contribution in [2.24, 2.45) is 0 Å². The Morgan fingerprint density at radius 3 is 2.59 bits per heavy atom. The van der Waals surface area contributed by atoms with Crippen LogP contribution < -0.4 is 9.47 Å². The zero-order chi connectivity index (χ0) is 20.1. The van der Waals surface area contributed by atoms with Crippen LogP contribution in [-0.4, -0.2) is 12.1 Å². The van der Waals surface area contributed by atoms with Gasteiger partial charge < -0.3 is 9.47 Å². The van der Waals surface area contributed by atoms with Crippen LogP contribution in [0.15, 0.2) is 72.8 Å². The van der Waals surface area contributed by atoms with Crippen molar-refractivity contribution in [3.05, 3.63) is 88.9 Å². The molecular weight excluding hydrogens is 380 g/mol. The molecule has 0 saturated heterocycles. The highest BCUT2D eigenvalue weighted by molar-refractivity contribution is 7.19. The van der Waals surface area contributed by atoms with Gasteiger partial charge in [0.15, 0.2) is 11.5 Å². The molecule has 0 N–H and O–H groups in total. The quantitative estimate of drug-likeness (QED) is 0.377. The van der Waals surface area contributed by atoms with E-state index >= 15 is 0 Å². The molecule has 4 nitrogen and oxygen atoms in total. The first-order chi connectivity index (χ1) is 14.3. The summed E-state index contributed by atoms with van der Waals surface area (Å²) in [6.07, 6.45) is 1.83. The lowest BCUT2D eigenvalue weighted by Gasteiger charge is -2.11. The van der Waals surface area contributed by atoms with Crippen molar-refractivity contribution in [1.82, 2.24) is 4.98 Å². The van der Waals surface area contributed by atoms with Crippen LogP contribution in [0.25, 0.3) is 21.9 Å². The Morgan fingerprint density at radius 1 is 1.03 bits per heavy atom. The maximum Gasteiger partial charge on any atom is 0.162 e. The summed E-state index contributed by atoms with van der Waals surface area (Å²) in [6.45, 7) is 0.438. The predicted octanol–water partition coefficient (Wildman–Crippen LogP) is 5.95. The van der Waals surface area contributed by atoms with Crippen molar-refractivity contribution < 1.29 is 9.47 Å². The van der Waals surface area contributed by atoms with E-state index in [-0.39, 0.29) is 0 Å². The van der Waals surface area contributed by atoms with Crippen molar-refractivity contribution in [1.29, 1.82) is 5.26 Å². The third kappa shape index (κ3) is 4.29. The van der Waals surface area contributed by atoms with Crippen LogP contribution in [-0.2, 0) is 6.61 Å². The summed E-state index contributed by atoms with van der Waals surface area (Å²) in [7, 11) is 1.61. The second-order valence-electron chi connectivity index (χ2n) is 6.34. The average molecular weight is 398 g/mol. The summed E-state index contributed by atoms with van der Waals surface area (Å²) >= 11 is 1.51. The number of aromatic nitrogens is 1. The van der Waals surface area contributed by atoms with E-state index in [1.807, 2.05) is 78.9 Å². The third-order valence-electron chi connectivity index (χ3n) is 4.38. The average Bonchev–Trinajstić information content (AvgIpc) is 3.21. The van der Waals surface area contributed by atoms with Crippen LogP contribution in [0, 0.1) is 11.3 Å². The standard InChI is InChI=1S/C24H18N2O2S/c1-27-21-12-11-18(14-22(21)28-16-17-7-3-2-4-8-17)13-19(15-25)24-26-20-9-5-6-10-23(20)29-24/h2-14H,16H2,1H3/b19-13+. The topological polar surface area (TPSA) is 55.1 Å². The fourth-order valence-electron chi connectivity index (χ4n) is 2.93. The zero-order valence-corrected chi connectivity index (χ0v) is 16.6. The number of nitriles is 1. The Bertz CT molecular complexity index is 1170. The summed E-state index contributed by atoms with van der Waals surface area (Å²) in [5.41, 5.74) is 3.34. The van der Waals surface area contributed by atoms with Gasteiger partial charge in [-0.3, -0.25) is 0 Å². The largest absolute Gasteiger partial charge is 0.493 e. The predicted molar refractivity (Wildman–Crippen MR) is 117 cm³/mol. The molecule has 0 spiro atoms. The Labute approximate surface area is 173 Å². The van der Waals surface area contributed by atoms with E-state index in [1.54, 1.807) is 7.11 Å². The minimum Gasteiger partial charge on any atom is -0.493 e. The smallest absolute Gasteiger partial charge is 0.162 e. The summed E-state index contributed by atoms with van der Waals surface area (Å²) in [6, 6.07) is 25.7. The summed E-state index contributed by atoms with van der Waals surface area (Å²) < 4.78 is 12.5. The van der Waals surface area contributed by atoms with Gasteiger partial charge in [-0.2, -0.15) is 5.26 Å².